The molecule has 0 spiro atoms. The van der Waals surface area contributed by atoms with Crippen LogP contribution in [0.15, 0.2) is 42.5 Å². The largest absolute Gasteiger partial charge is 0.497 e. The molecule has 1 fully saturated rings. The van der Waals surface area contributed by atoms with E-state index in [1.54, 1.807) is 7.11 Å². The molecule has 1 atom stereocenters. The fourth-order valence-electron chi connectivity index (χ4n) is 3.65. The Morgan fingerprint density at radius 1 is 1.15 bits per heavy atom. The van der Waals surface area contributed by atoms with Gasteiger partial charge >= 0.3 is 0 Å². The van der Waals surface area contributed by atoms with Gasteiger partial charge in [0.2, 0.25) is 0 Å². The summed E-state index contributed by atoms with van der Waals surface area (Å²) < 4.78 is 16.6. The molecule has 2 aromatic rings. The Morgan fingerprint density at radius 3 is 2.70 bits per heavy atom. The molecule has 0 amide bonds. The molecular weight excluding hydrogens is 360 g/mol. The molecule has 1 N–H and O–H groups in total. The van der Waals surface area contributed by atoms with Crippen LogP contribution in [-0.4, -0.2) is 36.9 Å². The standard InChI is InChI=1S/C21H24N2O3S/c1-24-17-7-4-15(5-8-17)14-22-21(27)23-10-2-3-18(23)16-6-9-19-20(13-16)26-12-11-25-19/h4-9,13,18H,2-3,10-12,14H2,1H3,(H,22,27)/t18-/m1/s1. The Bertz CT molecular complexity index is 810. The molecule has 0 unspecified atom stereocenters. The number of thiocarbonyl (C=S) groups is 1. The lowest BCUT2D eigenvalue weighted by atomic mass is 10.0. The van der Waals surface area contributed by atoms with Crippen LogP contribution in [0.4, 0.5) is 0 Å². The third-order valence-corrected chi connectivity index (χ3v) is 5.45. The summed E-state index contributed by atoms with van der Waals surface area (Å²) in [5.74, 6) is 2.53. The van der Waals surface area contributed by atoms with Crippen molar-refractivity contribution in [2.45, 2.75) is 25.4 Å². The molecule has 0 aliphatic carbocycles. The highest BCUT2D eigenvalue weighted by Gasteiger charge is 2.29. The van der Waals surface area contributed by atoms with Crippen LogP contribution in [0.2, 0.25) is 0 Å². The zero-order valence-electron chi connectivity index (χ0n) is 15.4. The fourth-order valence-corrected chi connectivity index (χ4v) is 3.94. The lowest BCUT2D eigenvalue weighted by Gasteiger charge is -2.29. The van der Waals surface area contributed by atoms with Crippen LogP contribution in [0, 0.1) is 0 Å². The average Bonchev–Trinajstić information content (AvgIpc) is 3.22. The van der Waals surface area contributed by atoms with E-state index in [4.69, 9.17) is 26.4 Å². The second kappa shape index (κ2) is 8.05. The maximum absolute atomic E-state index is 5.74. The summed E-state index contributed by atoms with van der Waals surface area (Å²) in [6.07, 6.45) is 2.22. The maximum Gasteiger partial charge on any atom is 0.169 e. The number of rotatable bonds is 4. The van der Waals surface area contributed by atoms with Crippen LogP contribution in [0.25, 0.3) is 0 Å². The quantitative estimate of drug-likeness (QED) is 0.812. The van der Waals surface area contributed by atoms with Crippen LogP contribution >= 0.6 is 12.2 Å². The highest BCUT2D eigenvalue weighted by atomic mass is 32.1. The number of likely N-dealkylation sites (tertiary alicyclic amines) is 1. The molecule has 0 aromatic heterocycles. The van der Waals surface area contributed by atoms with Gasteiger partial charge in [-0.1, -0.05) is 18.2 Å². The number of hydrogen-bond donors (Lipinski definition) is 1. The van der Waals surface area contributed by atoms with Gasteiger partial charge in [-0.2, -0.15) is 0 Å². The summed E-state index contributed by atoms with van der Waals surface area (Å²) in [7, 11) is 1.67. The Balaban J connectivity index is 1.42. The molecule has 0 bridgehead atoms. The molecule has 5 nitrogen and oxygen atoms in total. The third-order valence-electron chi connectivity index (χ3n) is 5.07. The lowest BCUT2D eigenvalue weighted by Crippen LogP contribution is -2.38. The predicted molar refractivity (Wildman–Crippen MR) is 109 cm³/mol. The van der Waals surface area contributed by atoms with E-state index in [2.05, 4.69) is 34.5 Å². The Kier molecular flexibility index (Phi) is 5.34. The molecule has 0 radical (unpaired) electrons. The summed E-state index contributed by atoms with van der Waals surface area (Å²) in [6.45, 7) is 2.88. The monoisotopic (exact) mass is 384 g/mol. The number of methoxy groups -OCH3 is 1. The summed E-state index contributed by atoms with van der Waals surface area (Å²) in [6, 6.07) is 14.5. The second-order valence-corrected chi connectivity index (χ2v) is 7.15. The van der Waals surface area contributed by atoms with Crippen LogP contribution in [0.5, 0.6) is 17.2 Å². The molecule has 2 heterocycles. The first-order valence-electron chi connectivity index (χ1n) is 9.31. The van der Waals surface area contributed by atoms with E-state index in [0.29, 0.717) is 19.8 Å². The van der Waals surface area contributed by atoms with Crippen molar-refractivity contribution in [2.75, 3.05) is 26.9 Å². The van der Waals surface area contributed by atoms with Gasteiger partial charge in [0.15, 0.2) is 16.6 Å². The van der Waals surface area contributed by atoms with Gasteiger partial charge in [-0.05, 0) is 60.5 Å². The van der Waals surface area contributed by atoms with E-state index in [-0.39, 0.29) is 6.04 Å². The van der Waals surface area contributed by atoms with Crippen molar-refractivity contribution in [3.8, 4) is 17.2 Å². The highest BCUT2D eigenvalue weighted by molar-refractivity contribution is 7.80. The highest BCUT2D eigenvalue weighted by Crippen LogP contribution is 2.38. The second-order valence-electron chi connectivity index (χ2n) is 6.76. The van der Waals surface area contributed by atoms with Crippen LogP contribution < -0.4 is 19.5 Å². The first-order chi connectivity index (χ1) is 13.2. The Hall–Kier alpha value is -2.47. The van der Waals surface area contributed by atoms with E-state index in [1.165, 1.54) is 11.1 Å². The zero-order chi connectivity index (χ0) is 18.6. The smallest absolute Gasteiger partial charge is 0.169 e. The third kappa shape index (κ3) is 3.95. The van der Waals surface area contributed by atoms with E-state index in [9.17, 15) is 0 Å². The van der Waals surface area contributed by atoms with E-state index < -0.39 is 0 Å². The first kappa shape index (κ1) is 17.9. The molecule has 2 aliphatic rings. The molecule has 4 rings (SSSR count). The minimum absolute atomic E-state index is 0.275. The van der Waals surface area contributed by atoms with Crippen molar-refractivity contribution in [3.05, 3.63) is 53.6 Å². The van der Waals surface area contributed by atoms with Crippen molar-refractivity contribution in [2.24, 2.45) is 0 Å². The minimum atomic E-state index is 0.275. The Morgan fingerprint density at radius 2 is 1.93 bits per heavy atom. The number of fused-ring (bicyclic) bond motifs is 1. The van der Waals surface area contributed by atoms with Gasteiger partial charge in [-0.25, -0.2) is 0 Å². The summed E-state index contributed by atoms with van der Waals surface area (Å²) >= 11 is 5.69. The number of ether oxygens (including phenoxy) is 3. The first-order valence-corrected chi connectivity index (χ1v) is 9.72. The van der Waals surface area contributed by atoms with E-state index >= 15 is 0 Å². The molecule has 2 aromatic carbocycles. The van der Waals surface area contributed by atoms with Gasteiger partial charge in [0, 0.05) is 13.1 Å². The molecule has 142 valence electrons. The van der Waals surface area contributed by atoms with Gasteiger partial charge in [0.25, 0.3) is 0 Å². The van der Waals surface area contributed by atoms with Gasteiger partial charge in [-0.3, -0.25) is 0 Å². The normalized spacial score (nSPS) is 18.3. The molecule has 6 heteroatoms. The SMILES string of the molecule is COc1ccc(CNC(=S)N2CCC[C@@H]2c2ccc3c(c2)OCCO3)cc1. The topological polar surface area (TPSA) is 43.0 Å². The van der Waals surface area contributed by atoms with Crippen molar-refractivity contribution in [1.29, 1.82) is 0 Å². The van der Waals surface area contributed by atoms with Crippen molar-refractivity contribution in [1.82, 2.24) is 10.2 Å². The van der Waals surface area contributed by atoms with Gasteiger partial charge in [0.05, 0.1) is 13.2 Å². The fraction of sp³-hybridized carbons (Fsp3) is 0.381. The molecule has 0 saturated carbocycles. The van der Waals surface area contributed by atoms with Crippen LogP contribution in [-0.2, 0) is 6.54 Å². The molecule has 27 heavy (non-hydrogen) atoms. The minimum Gasteiger partial charge on any atom is -0.497 e. The molecule has 2 aliphatic heterocycles. The van der Waals surface area contributed by atoms with Gasteiger partial charge in [0.1, 0.15) is 19.0 Å². The summed E-state index contributed by atoms with van der Waals surface area (Å²) in [5, 5.41) is 4.20. The number of hydrogen-bond acceptors (Lipinski definition) is 4. The van der Waals surface area contributed by atoms with Crippen LogP contribution in [0.1, 0.15) is 30.0 Å². The van der Waals surface area contributed by atoms with Gasteiger partial charge in [-0.15, -0.1) is 0 Å². The van der Waals surface area contributed by atoms with E-state index in [0.717, 1.165) is 41.7 Å². The van der Waals surface area contributed by atoms with Crippen LogP contribution in [0.3, 0.4) is 0 Å². The van der Waals surface area contributed by atoms with Crippen molar-refractivity contribution in [3.63, 3.8) is 0 Å². The zero-order valence-corrected chi connectivity index (χ0v) is 16.3. The number of nitrogens with one attached hydrogen (secondary N) is 1. The average molecular weight is 385 g/mol. The molecule has 1 saturated heterocycles. The summed E-state index contributed by atoms with van der Waals surface area (Å²) in [4.78, 5) is 2.28. The van der Waals surface area contributed by atoms with E-state index in [1.807, 2.05) is 18.2 Å². The molecular formula is C21H24N2O3S. The number of benzene rings is 2. The lowest BCUT2D eigenvalue weighted by molar-refractivity contribution is 0.171. The number of nitrogens with zero attached hydrogens (tertiary/aromatic N) is 1. The maximum atomic E-state index is 5.74. The van der Waals surface area contributed by atoms with Crippen molar-refractivity contribution < 1.29 is 14.2 Å². The predicted octanol–water partition coefficient (Wildman–Crippen LogP) is 3.68. The summed E-state index contributed by atoms with van der Waals surface area (Å²) in [5.41, 5.74) is 2.40. The van der Waals surface area contributed by atoms with Gasteiger partial charge < -0.3 is 24.4 Å². The Labute approximate surface area is 165 Å². The van der Waals surface area contributed by atoms with Crippen molar-refractivity contribution >= 4 is 17.3 Å².